The number of carboxylic acid groups (broad SMARTS) is 1. The number of hydrogen-bond acceptors (Lipinski definition) is 4. The highest BCUT2D eigenvalue weighted by atomic mass is 16.5. The van der Waals surface area contributed by atoms with Crippen LogP contribution in [0.1, 0.15) is 0 Å². The van der Waals surface area contributed by atoms with E-state index in [4.69, 9.17) is 9.84 Å². The standard InChI is InChI=1S/C9H16N2O4/c1-10-6-8(12)11(3-4-15-2)5-7(10)9(13)14/h7H,3-6H2,1-2H3,(H,13,14). The fourth-order valence-electron chi connectivity index (χ4n) is 1.56. The summed E-state index contributed by atoms with van der Waals surface area (Å²) in [6.45, 7) is 1.27. The number of carbonyl (C=O) groups is 2. The maximum Gasteiger partial charge on any atom is 0.322 e. The van der Waals surface area contributed by atoms with Crippen LogP contribution in [0, 0.1) is 0 Å². The van der Waals surface area contributed by atoms with Gasteiger partial charge in [0.2, 0.25) is 5.91 Å². The molecule has 1 fully saturated rings. The second-order valence-corrected chi connectivity index (χ2v) is 3.60. The van der Waals surface area contributed by atoms with Crippen LogP contribution in [-0.4, -0.2) is 73.2 Å². The summed E-state index contributed by atoms with van der Waals surface area (Å²) in [7, 11) is 3.19. The van der Waals surface area contributed by atoms with Gasteiger partial charge in [-0.1, -0.05) is 0 Å². The minimum atomic E-state index is -0.896. The van der Waals surface area contributed by atoms with Crippen LogP contribution >= 0.6 is 0 Å². The van der Waals surface area contributed by atoms with E-state index in [-0.39, 0.29) is 19.0 Å². The SMILES string of the molecule is COCCN1CC(C(=O)O)N(C)CC1=O. The fraction of sp³-hybridized carbons (Fsp3) is 0.778. The Kier molecular flexibility index (Phi) is 4.05. The normalized spacial score (nSPS) is 23.2. The van der Waals surface area contributed by atoms with E-state index >= 15 is 0 Å². The van der Waals surface area contributed by atoms with Crippen LogP contribution < -0.4 is 0 Å². The molecule has 1 saturated heterocycles. The predicted octanol–water partition coefficient (Wildman–Crippen LogP) is -1.14. The van der Waals surface area contributed by atoms with Crippen LogP contribution in [0.3, 0.4) is 0 Å². The van der Waals surface area contributed by atoms with Gasteiger partial charge in [0.25, 0.3) is 0 Å². The highest BCUT2D eigenvalue weighted by Gasteiger charge is 2.33. The summed E-state index contributed by atoms with van der Waals surface area (Å²) in [5.74, 6) is -0.945. The Hall–Kier alpha value is -1.14. The van der Waals surface area contributed by atoms with Gasteiger partial charge in [0.15, 0.2) is 0 Å². The average molecular weight is 216 g/mol. The predicted molar refractivity (Wildman–Crippen MR) is 52.5 cm³/mol. The molecule has 0 aromatic heterocycles. The van der Waals surface area contributed by atoms with Crippen LogP contribution in [0.4, 0.5) is 0 Å². The molecule has 1 amide bonds. The van der Waals surface area contributed by atoms with Crippen molar-refractivity contribution in [3.05, 3.63) is 0 Å². The molecule has 1 heterocycles. The van der Waals surface area contributed by atoms with Gasteiger partial charge in [0.1, 0.15) is 6.04 Å². The van der Waals surface area contributed by atoms with Crippen molar-refractivity contribution >= 4 is 11.9 Å². The number of nitrogens with zero attached hydrogens (tertiary/aromatic N) is 2. The van der Waals surface area contributed by atoms with E-state index in [2.05, 4.69) is 0 Å². The molecule has 1 aliphatic heterocycles. The average Bonchev–Trinajstić information content (AvgIpc) is 2.16. The fourth-order valence-corrected chi connectivity index (χ4v) is 1.56. The van der Waals surface area contributed by atoms with E-state index in [0.717, 1.165) is 0 Å². The first-order valence-electron chi connectivity index (χ1n) is 4.76. The number of carboxylic acids is 1. The van der Waals surface area contributed by atoms with Crippen molar-refractivity contribution in [2.75, 3.05) is 40.4 Å². The molecule has 1 N–H and O–H groups in total. The lowest BCUT2D eigenvalue weighted by atomic mass is 10.2. The van der Waals surface area contributed by atoms with Crippen LogP contribution in [0.2, 0.25) is 0 Å². The van der Waals surface area contributed by atoms with Crippen molar-refractivity contribution in [2.24, 2.45) is 0 Å². The molecule has 0 radical (unpaired) electrons. The lowest BCUT2D eigenvalue weighted by molar-refractivity contribution is -0.151. The molecule has 0 aromatic carbocycles. The number of amides is 1. The van der Waals surface area contributed by atoms with E-state index in [9.17, 15) is 9.59 Å². The lowest BCUT2D eigenvalue weighted by Crippen LogP contribution is -2.58. The van der Waals surface area contributed by atoms with Crippen LogP contribution in [0.25, 0.3) is 0 Å². The van der Waals surface area contributed by atoms with Crippen molar-refractivity contribution in [1.29, 1.82) is 0 Å². The maximum absolute atomic E-state index is 11.5. The van der Waals surface area contributed by atoms with Gasteiger partial charge >= 0.3 is 5.97 Å². The summed E-state index contributed by atoms with van der Waals surface area (Å²) in [6.07, 6.45) is 0. The van der Waals surface area contributed by atoms with E-state index in [1.165, 1.54) is 4.90 Å². The van der Waals surface area contributed by atoms with Crippen molar-refractivity contribution in [3.63, 3.8) is 0 Å². The first-order valence-corrected chi connectivity index (χ1v) is 4.76. The maximum atomic E-state index is 11.5. The molecule has 86 valence electrons. The molecule has 15 heavy (non-hydrogen) atoms. The molecular formula is C9H16N2O4. The Morgan fingerprint density at radius 1 is 1.67 bits per heavy atom. The minimum absolute atomic E-state index is 0.0490. The third kappa shape index (κ3) is 2.90. The number of methoxy groups -OCH3 is 1. The molecule has 1 rings (SSSR count). The third-order valence-electron chi connectivity index (χ3n) is 2.51. The zero-order valence-corrected chi connectivity index (χ0v) is 8.97. The molecule has 1 aliphatic rings. The summed E-state index contributed by atoms with van der Waals surface area (Å²) < 4.78 is 4.86. The smallest absolute Gasteiger partial charge is 0.322 e. The van der Waals surface area contributed by atoms with Gasteiger partial charge in [-0.25, -0.2) is 0 Å². The zero-order valence-electron chi connectivity index (χ0n) is 8.97. The molecule has 6 nitrogen and oxygen atoms in total. The Balaban J connectivity index is 2.58. The van der Waals surface area contributed by atoms with E-state index in [0.29, 0.717) is 13.2 Å². The molecule has 6 heteroatoms. The van der Waals surface area contributed by atoms with Gasteiger partial charge in [-0.2, -0.15) is 0 Å². The van der Waals surface area contributed by atoms with E-state index in [1.807, 2.05) is 0 Å². The quantitative estimate of drug-likeness (QED) is 0.643. The minimum Gasteiger partial charge on any atom is -0.480 e. The first-order chi connectivity index (χ1) is 7.06. The summed E-state index contributed by atoms with van der Waals surface area (Å²) in [5, 5.41) is 8.93. The Labute approximate surface area is 88.4 Å². The van der Waals surface area contributed by atoms with Crippen molar-refractivity contribution in [2.45, 2.75) is 6.04 Å². The molecular weight excluding hydrogens is 200 g/mol. The van der Waals surface area contributed by atoms with Gasteiger partial charge in [0, 0.05) is 20.2 Å². The van der Waals surface area contributed by atoms with E-state index < -0.39 is 12.0 Å². The number of likely N-dealkylation sites (N-methyl/N-ethyl adjacent to an activating group) is 1. The lowest BCUT2D eigenvalue weighted by Gasteiger charge is -2.36. The van der Waals surface area contributed by atoms with Gasteiger partial charge < -0.3 is 14.7 Å². The molecule has 0 aliphatic carbocycles. The first kappa shape index (κ1) is 11.9. The number of rotatable bonds is 4. The van der Waals surface area contributed by atoms with Gasteiger partial charge in [0.05, 0.1) is 13.2 Å². The molecule has 0 spiro atoms. The molecule has 1 atom stereocenters. The number of hydrogen-bond donors (Lipinski definition) is 1. The Bertz CT molecular complexity index is 256. The number of piperazine rings is 1. The van der Waals surface area contributed by atoms with Crippen molar-refractivity contribution in [3.8, 4) is 0 Å². The third-order valence-corrected chi connectivity index (χ3v) is 2.51. The topological polar surface area (TPSA) is 70.1 Å². The van der Waals surface area contributed by atoms with E-state index in [1.54, 1.807) is 19.1 Å². The Morgan fingerprint density at radius 3 is 2.87 bits per heavy atom. The zero-order chi connectivity index (χ0) is 11.4. The summed E-state index contributed by atoms with van der Waals surface area (Å²) in [4.78, 5) is 25.5. The van der Waals surface area contributed by atoms with Crippen molar-refractivity contribution in [1.82, 2.24) is 9.80 Å². The molecule has 0 saturated carbocycles. The highest BCUT2D eigenvalue weighted by Crippen LogP contribution is 2.08. The molecule has 0 aromatic rings. The monoisotopic (exact) mass is 216 g/mol. The second-order valence-electron chi connectivity index (χ2n) is 3.60. The van der Waals surface area contributed by atoms with Gasteiger partial charge in [-0.05, 0) is 7.05 Å². The van der Waals surface area contributed by atoms with Gasteiger partial charge in [-0.15, -0.1) is 0 Å². The number of ether oxygens (including phenoxy) is 1. The van der Waals surface area contributed by atoms with Crippen molar-refractivity contribution < 1.29 is 19.4 Å². The van der Waals surface area contributed by atoms with Gasteiger partial charge in [-0.3, -0.25) is 14.5 Å². The number of aliphatic carboxylic acids is 1. The second kappa shape index (κ2) is 5.09. The summed E-state index contributed by atoms with van der Waals surface area (Å²) in [5.41, 5.74) is 0. The van der Waals surface area contributed by atoms with Crippen LogP contribution in [0.5, 0.6) is 0 Å². The summed E-state index contributed by atoms with van der Waals surface area (Å²) >= 11 is 0. The molecule has 0 bridgehead atoms. The molecule has 1 unspecified atom stereocenters. The number of carbonyl (C=O) groups excluding carboxylic acids is 1. The largest absolute Gasteiger partial charge is 0.480 e. The van der Waals surface area contributed by atoms with Crippen LogP contribution in [-0.2, 0) is 14.3 Å². The highest BCUT2D eigenvalue weighted by molar-refractivity contribution is 5.83. The van der Waals surface area contributed by atoms with Crippen LogP contribution in [0.15, 0.2) is 0 Å². The summed E-state index contributed by atoms with van der Waals surface area (Å²) in [6, 6.07) is -0.612. The Morgan fingerprint density at radius 2 is 2.33 bits per heavy atom.